The predicted octanol–water partition coefficient (Wildman–Crippen LogP) is 9.80. The number of allylic oxidation sites excluding steroid dienone is 2. The zero-order valence-corrected chi connectivity index (χ0v) is 23.5. The van der Waals surface area contributed by atoms with E-state index in [1.54, 1.807) is 0 Å². The molecule has 0 saturated heterocycles. The van der Waals surface area contributed by atoms with Gasteiger partial charge in [-0.1, -0.05) is 122 Å². The highest BCUT2D eigenvalue weighted by molar-refractivity contribution is 5.66. The lowest BCUT2D eigenvalue weighted by Gasteiger charge is -2.19. The second kappa shape index (κ2) is 26.8. The van der Waals surface area contributed by atoms with Gasteiger partial charge >= 0.3 is 5.97 Å². The first-order chi connectivity index (χ1) is 16.6. The number of unbranched alkanes of at least 4 members (excludes halogenated alkanes) is 16. The van der Waals surface area contributed by atoms with E-state index in [4.69, 9.17) is 5.11 Å². The summed E-state index contributed by atoms with van der Waals surface area (Å²) in [4.78, 5) is 12.8. The molecule has 0 aromatic heterocycles. The van der Waals surface area contributed by atoms with Crippen LogP contribution in [-0.4, -0.2) is 36.6 Å². The van der Waals surface area contributed by atoms with Crippen LogP contribution < -0.4 is 0 Å². The summed E-state index contributed by atoms with van der Waals surface area (Å²) in [5.41, 5.74) is 0. The monoisotopic (exact) mass is 479 g/mol. The van der Waals surface area contributed by atoms with E-state index >= 15 is 0 Å². The van der Waals surface area contributed by atoms with E-state index in [9.17, 15) is 4.79 Å². The van der Waals surface area contributed by atoms with Gasteiger partial charge in [0.2, 0.25) is 0 Å². The molecule has 0 radical (unpaired) electrons. The van der Waals surface area contributed by atoms with Crippen LogP contribution in [0.2, 0.25) is 0 Å². The maximum absolute atomic E-state index is 10.5. The van der Waals surface area contributed by atoms with Gasteiger partial charge in [-0.15, -0.1) is 0 Å². The summed E-state index contributed by atoms with van der Waals surface area (Å²) in [6, 6.07) is 0. The van der Waals surface area contributed by atoms with E-state index < -0.39 is 5.97 Å². The van der Waals surface area contributed by atoms with E-state index in [0.717, 1.165) is 18.8 Å². The van der Waals surface area contributed by atoms with Crippen molar-refractivity contribution in [3.05, 3.63) is 12.2 Å². The van der Waals surface area contributed by atoms with Crippen LogP contribution in [0.1, 0.15) is 155 Å². The Bertz CT molecular complexity index is 447. The summed E-state index contributed by atoms with van der Waals surface area (Å²) in [6.45, 7) is 3.56. The van der Waals surface area contributed by atoms with Crippen molar-refractivity contribution in [2.45, 2.75) is 155 Å². The molecule has 0 bridgehead atoms. The van der Waals surface area contributed by atoms with Crippen molar-refractivity contribution in [3.8, 4) is 0 Å². The molecule has 1 atom stereocenters. The Kier molecular flexibility index (Phi) is 26.1. The van der Waals surface area contributed by atoms with Crippen LogP contribution in [0.25, 0.3) is 0 Å². The fraction of sp³-hybridized carbons (Fsp3) is 0.903. The first-order valence-corrected chi connectivity index (χ1v) is 15.1. The van der Waals surface area contributed by atoms with Crippen molar-refractivity contribution in [1.82, 2.24) is 4.90 Å². The molecule has 3 nitrogen and oxygen atoms in total. The number of nitrogens with zero attached hydrogens (tertiary/aromatic N) is 1. The van der Waals surface area contributed by atoms with Gasteiger partial charge in [0.25, 0.3) is 0 Å². The summed E-state index contributed by atoms with van der Waals surface area (Å²) in [6.07, 6.45) is 34.3. The zero-order valence-electron chi connectivity index (χ0n) is 23.5. The van der Waals surface area contributed by atoms with Crippen molar-refractivity contribution < 1.29 is 9.90 Å². The summed E-state index contributed by atoms with van der Waals surface area (Å²) < 4.78 is 0. The van der Waals surface area contributed by atoms with Crippen molar-refractivity contribution in [3.63, 3.8) is 0 Å². The second-order valence-corrected chi connectivity index (χ2v) is 10.9. The molecular formula is C31H61NO2. The van der Waals surface area contributed by atoms with Gasteiger partial charge in [-0.3, -0.25) is 4.79 Å². The van der Waals surface area contributed by atoms with Gasteiger partial charge in [-0.05, 0) is 65.1 Å². The van der Waals surface area contributed by atoms with Crippen LogP contribution in [0, 0.1) is 5.92 Å². The number of hydrogen-bond acceptors (Lipinski definition) is 2. The maximum atomic E-state index is 10.5. The van der Waals surface area contributed by atoms with Crippen LogP contribution in [0.5, 0.6) is 0 Å². The Hall–Kier alpha value is -0.830. The minimum Gasteiger partial charge on any atom is -0.481 e. The molecule has 0 aliphatic heterocycles. The van der Waals surface area contributed by atoms with Crippen molar-refractivity contribution in [1.29, 1.82) is 0 Å². The first kappa shape index (κ1) is 33.2. The summed E-state index contributed by atoms with van der Waals surface area (Å²) in [5, 5.41) is 8.62. The Labute approximate surface area is 214 Å². The zero-order chi connectivity index (χ0) is 25.1. The van der Waals surface area contributed by atoms with Crippen molar-refractivity contribution in [2.24, 2.45) is 5.92 Å². The van der Waals surface area contributed by atoms with Crippen LogP contribution in [0.4, 0.5) is 0 Å². The number of carboxylic acids is 1. The third-order valence-electron chi connectivity index (χ3n) is 7.11. The third-order valence-corrected chi connectivity index (χ3v) is 7.11. The molecule has 0 spiro atoms. The van der Waals surface area contributed by atoms with Crippen LogP contribution in [-0.2, 0) is 4.79 Å². The Morgan fingerprint density at radius 2 is 1.09 bits per heavy atom. The largest absolute Gasteiger partial charge is 0.481 e. The van der Waals surface area contributed by atoms with E-state index in [2.05, 4.69) is 38.1 Å². The van der Waals surface area contributed by atoms with Gasteiger partial charge in [0.15, 0.2) is 0 Å². The van der Waals surface area contributed by atoms with E-state index in [0.29, 0.717) is 6.42 Å². The second-order valence-electron chi connectivity index (χ2n) is 10.9. The molecule has 0 aromatic carbocycles. The average Bonchev–Trinajstić information content (AvgIpc) is 2.80. The Morgan fingerprint density at radius 1 is 0.647 bits per heavy atom. The fourth-order valence-electron chi connectivity index (χ4n) is 4.79. The van der Waals surface area contributed by atoms with Gasteiger partial charge in [-0.25, -0.2) is 0 Å². The molecule has 0 saturated carbocycles. The number of rotatable bonds is 27. The van der Waals surface area contributed by atoms with E-state index in [-0.39, 0.29) is 0 Å². The quantitative estimate of drug-likeness (QED) is 0.0941. The van der Waals surface area contributed by atoms with Gasteiger partial charge in [0.1, 0.15) is 0 Å². The molecule has 0 rings (SSSR count). The van der Waals surface area contributed by atoms with Gasteiger partial charge in [0.05, 0.1) is 0 Å². The van der Waals surface area contributed by atoms with Gasteiger partial charge in [0, 0.05) is 6.42 Å². The van der Waals surface area contributed by atoms with Crippen molar-refractivity contribution in [2.75, 3.05) is 20.6 Å². The topological polar surface area (TPSA) is 40.5 Å². The molecule has 3 heteroatoms. The SMILES string of the molecule is CCCCCCC(CCCCCCCCCC/C=C\CCCCCCCC(=O)O)CCN(C)C. The molecule has 0 aromatic rings. The van der Waals surface area contributed by atoms with Crippen LogP contribution in [0.3, 0.4) is 0 Å². The summed E-state index contributed by atoms with van der Waals surface area (Å²) in [5.74, 6) is 0.294. The van der Waals surface area contributed by atoms with Crippen molar-refractivity contribution >= 4 is 5.97 Å². The molecule has 1 unspecified atom stereocenters. The lowest BCUT2D eigenvalue weighted by atomic mass is 9.91. The van der Waals surface area contributed by atoms with Crippen LogP contribution >= 0.6 is 0 Å². The molecule has 34 heavy (non-hydrogen) atoms. The minimum atomic E-state index is -0.661. The average molecular weight is 480 g/mol. The summed E-state index contributed by atoms with van der Waals surface area (Å²) in [7, 11) is 4.42. The smallest absolute Gasteiger partial charge is 0.303 e. The van der Waals surface area contributed by atoms with Crippen LogP contribution in [0.15, 0.2) is 12.2 Å². The third kappa shape index (κ3) is 27.4. The molecule has 0 fully saturated rings. The number of carbonyl (C=O) groups is 1. The van der Waals surface area contributed by atoms with Gasteiger partial charge < -0.3 is 10.0 Å². The molecule has 0 amide bonds. The fourth-order valence-corrected chi connectivity index (χ4v) is 4.79. The minimum absolute atomic E-state index is 0.330. The highest BCUT2D eigenvalue weighted by Gasteiger charge is 2.09. The molecule has 0 aliphatic rings. The summed E-state index contributed by atoms with van der Waals surface area (Å²) >= 11 is 0. The molecular weight excluding hydrogens is 418 g/mol. The molecule has 202 valence electrons. The number of carboxylic acid groups (broad SMARTS) is 1. The number of hydrogen-bond donors (Lipinski definition) is 1. The lowest BCUT2D eigenvalue weighted by Crippen LogP contribution is -2.17. The Morgan fingerprint density at radius 3 is 1.56 bits per heavy atom. The molecule has 0 aliphatic carbocycles. The van der Waals surface area contributed by atoms with Gasteiger partial charge in [-0.2, -0.15) is 0 Å². The predicted molar refractivity (Wildman–Crippen MR) is 151 cm³/mol. The maximum Gasteiger partial charge on any atom is 0.303 e. The van der Waals surface area contributed by atoms with E-state index in [1.807, 2.05) is 0 Å². The number of aliphatic carboxylic acids is 1. The van der Waals surface area contributed by atoms with E-state index in [1.165, 1.54) is 135 Å². The molecule has 1 N–H and O–H groups in total. The standard InChI is InChI=1S/C31H61NO2/c1-4-5-6-22-25-30(28-29-32(2)3)26-23-20-18-16-14-12-10-8-7-9-11-13-15-17-19-21-24-27-31(33)34/h9,11,30H,4-8,10,12-29H2,1-3H3,(H,33,34)/b11-9-. The highest BCUT2D eigenvalue weighted by atomic mass is 16.4. The molecule has 0 heterocycles. The first-order valence-electron chi connectivity index (χ1n) is 15.1. The Balaban J connectivity index is 3.45. The highest BCUT2D eigenvalue weighted by Crippen LogP contribution is 2.22. The normalized spacial score (nSPS) is 12.7. The lowest BCUT2D eigenvalue weighted by molar-refractivity contribution is -0.137.